The standard InChI is InChI=1S/C8H3F5N2/c9-7(10)5-1-4(3-14)2-6(15-5)8(11,12)13/h1-2,7H. The Hall–Kier alpha value is -1.71. The first-order chi connectivity index (χ1) is 6.84. The summed E-state index contributed by atoms with van der Waals surface area (Å²) in [6.07, 6.45) is -7.98. The quantitative estimate of drug-likeness (QED) is 0.685. The summed E-state index contributed by atoms with van der Waals surface area (Å²) in [5.74, 6) is 0. The number of hydrogen-bond acceptors (Lipinski definition) is 2. The lowest BCUT2D eigenvalue weighted by atomic mass is 10.2. The van der Waals surface area contributed by atoms with Gasteiger partial charge in [0.15, 0.2) is 0 Å². The van der Waals surface area contributed by atoms with Gasteiger partial charge in [-0.15, -0.1) is 0 Å². The highest BCUT2D eigenvalue weighted by Gasteiger charge is 2.33. The zero-order valence-corrected chi connectivity index (χ0v) is 7.02. The predicted octanol–water partition coefficient (Wildman–Crippen LogP) is 2.91. The highest BCUT2D eigenvalue weighted by Crippen LogP contribution is 2.30. The van der Waals surface area contributed by atoms with Crippen molar-refractivity contribution in [2.75, 3.05) is 0 Å². The van der Waals surface area contributed by atoms with Crippen molar-refractivity contribution in [2.45, 2.75) is 12.6 Å². The van der Waals surface area contributed by atoms with Crippen LogP contribution in [0.1, 0.15) is 23.4 Å². The molecule has 0 aromatic carbocycles. The number of halogens is 5. The molecule has 15 heavy (non-hydrogen) atoms. The summed E-state index contributed by atoms with van der Waals surface area (Å²) in [6.45, 7) is 0. The van der Waals surface area contributed by atoms with Crippen molar-refractivity contribution in [3.05, 3.63) is 29.1 Å². The van der Waals surface area contributed by atoms with Crippen molar-refractivity contribution in [3.63, 3.8) is 0 Å². The molecule has 1 heterocycles. The fourth-order valence-electron chi connectivity index (χ4n) is 0.873. The number of aromatic nitrogens is 1. The van der Waals surface area contributed by atoms with E-state index in [1.807, 2.05) is 0 Å². The third kappa shape index (κ3) is 2.62. The number of nitriles is 1. The Kier molecular flexibility index (Phi) is 2.88. The summed E-state index contributed by atoms with van der Waals surface area (Å²) < 4.78 is 60.6. The molecule has 0 saturated carbocycles. The molecule has 1 aromatic heterocycles. The molecular weight excluding hydrogens is 219 g/mol. The molecule has 2 nitrogen and oxygen atoms in total. The molecule has 0 amide bonds. The van der Waals surface area contributed by atoms with Gasteiger partial charge in [-0.05, 0) is 12.1 Å². The second kappa shape index (κ2) is 3.81. The maximum absolute atomic E-state index is 12.1. The van der Waals surface area contributed by atoms with Crippen molar-refractivity contribution in [1.29, 1.82) is 5.26 Å². The Bertz CT molecular complexity index is 404. The smallest absolute Gasteiger partial charge is 0.242 e. The summed E-state index contributed by atoms with van der Waals surface area (Å²) in [4.78, 5) is 2.73. The van der Waals surface area contributed by atoms with Gasteiger partial charge in [0.1, 0.15) is 11.4 Å². The monoisotopic (exact) mass is 222 g/mol. The van der Waals surface area contributed by atoms with Crippen molar-refractivity contribution >= 4 is 0 Å². The molecule has 0 unspecified atom stereocenters. The van der Waals surface area contributed by atoms with E-state index >= 15 is 0 Å². The third-order valence-electron chi connectivity index (χ3n) is 1.49. The lowest BCUT2D eigenvalue weighted by Crippen LogP contribution is -2.10. The predicted molar refractivity (Wildman–Crippen MR) is 38.9 cm³/mol. The fourth-order valence-corrected chi connectivity index (χ4v) is 0.873. The largest absolute Gasteiger partial charge is 0.433 e. The number of alkyl halides is 5. The van der Waals surface area contributed by atoms with E-state index in [9.17, 15) is 22.0 Å². The zero-order chi connectivity index (χ0) is 11.6. The van der Waals surface area contributed by atoms with Gasteiger partial charge in [-0.3, -0.25) is 0 Å². The molecule has 0 bridgehead atoms. The van der Waals surface area contributed by atoms with Gasteiger partial charge in [0.05, 0.1) is 11.6 Å². The Balaban J connectivity index is 3.32. The van der Waals surface area contributed by atoms with E-state index in [0.717, 1.165) is 0 Å². The molecule has 0 aliphatic heterocycles. The van der Waals surface area contributed by atoms with Crippen LogP contribution in [0.15, 0.2) is 12.1 Å². The molecule has 0 atom stereocenters. The molecule has 0 aliphatic carbocycles. The molecule has 0 saturated heterocycles. The molecule has 80 valence electrons. The van der Waals surface area contributed by atoms with E-state index in [1.165, 1.54) is 6.07 Å². The second-order valence-electron chi connectivity index (χ2n) is 2.58. The summed E-state index contributed by atoms with van der Waals surface area (Å²) in [5, 5.41) is 8.34. The van der Waals surface area contributed by atoms with Gasteiger partial charge in [-0.25, -0.2) is 13.8 Å². The highest BCUT2D eigenvalue weighted by atomic mass is 19.4. The molecular formula is C8H3F5N2. The van der Waals surface area contributed by atoms with E-state index in [0.29, 0.717) is 12.1 Å². The minimum absolute atomic E-state index is 0.422. The van der Waals surface area contributed by atoms with Crippen LogP contribution >= 0.6 is 0 Å². The molecule has 0 fully saturated rings. The van der Waals surface area contributed by atoms with Crippen LogP contribution < -0.4 is 0 Å². The van der Waals surface area contributed by atoms with Crippen LogP contribution in [0.2, 0.25) is 0 Å². The van der Waals surface area contributed by atoms with Gasteiger partial charge < -0.3 is 0 Å². The zero-order valence-electron chi connectivity index (χ0n) is 7.02. The van der Waals surface area contributed by atoms with Crippen LogP contribution in [0.5, 0.6) is 0 Å². The Morgan fingerprint density at radius 1 is 1.27 bits per heavy atom. The summed E-state index contributed by atoms with van der Waals surface area (Å²) >= 11 is 0. The fraction of sp³-hybridized carbons (Fsp3) is 0.250. The van der Waals surface area contributed by atoms with Crippen LogP contribution in [-0.2, 0) is 6.18 Å². The maximum Gasteiger partial charge on any atom is 0.433 e. The topological polar surface area (TPSA) is 36.7 Å². The van der Waals surface area contributed by atoms with E-state index < -0.39 is 29.6 Å². The summed E-state index contributed by atoms with van der Waals surface area (Å²) in [5.41, 5.74) is -3.04. The Morgan fingerprint density at radius 3 is 2.27 bits per heavy atom. The van der Waals surface area contributed by atoms with Crippen LogP contribution in [0, 0.1) is 11.3 Å². The van der Waals surface area contributed by atoms with Gasteiger partial charge in [0.2, 0.25) is 0 Å². The number of pyridine rings is 1. The van der Waals surface area contributed by atoms with Crippen molar-refractivity contribution in [2.24, 2.45) is 0 Å². The average Bonchev–Trinajstić information content (AvgIpc) is 2.15. The molecule has 1 aromatic rings. The van der Waals surface area contributed by atoms with E-state index in [1.54, 1.807) is 0 Å². The number of hydrogen-bond donors (Lipinski definition) is 0. The van der Waals surface area contributed by atoms with Crippen molar-refractivity contribution < 1.29 is 22.0 Å². The van der Waals surface area contributed by atoms with Gasteiger partial charge >= 0.3 is 6.18 Å². The molecule has 0 radical (unpaired) electrons. The Morgan fingerprint density at radius 2 is 1.87 bits per heavy atom. The Labute approximate surface area is 81.0 Å². The minimum Gasteiger partial charge on any atom is -0.242 e. The van der Waals surface area contributed by atoms with Crippen molar-refractivity contribution in [1.82, 2.24) is 4.98 Å². The highest BCUT2D eigenvalue weighted by molar-refractivity contribution is 5.33. The SMILES string of the molecule is N#Cc1cc(C(F)F)nc(C(F)(F)F)c1. The molecule has 0 N–H and O–H groups in total. The number of nitrogens with zero attached hydrogens (tertiary/aromatic N) is 2. The minimum atomic E-state index is -4.84. The summed E-state index contributed by atoms with van der Waals surface area (Å²) in [7, 11) is 0. The molecule has 7 heteroatoms. The van der Waals surface area contributed by atoms with Crippen LogP contribution in [0.4, 0.5) is 22.0 Å². The van der Waals surface area contributed by atoms with Crippen LogP contribution in [-0.4, -0.2) is 4.98 Å². The van der Waals surface area contributed by atoms with Crippen LogP contribution in [0.3, 0.4) is 0 Å². The first-order valence-electron chi connectivity index (χ1n) is 3.62. The van der Waals surface area contributed by atoms with E-state index in [4.69, 9.17) is 5.26 Å². The molecule has 0 aliphatic rings. The van der Waals surface area contributed by atoms with Gasteiger partial charge in [-0.2, -0.15) is 18.4 Å². The molecule has 1 rings (SSSR count). The first kappa shape index (κ1) is 11.4. The second-order valence-corrected chi connectivity index (χ2v) is 2.58. The maximum atomic E-state index is 12.1. The number of rotatable bonds is 1. The van der Waals surface area contributed by atoms with E-state index in [-0.39, 0.29) is 0 Å². The van der Waals surface area contributed by atoms with Gasteiger partial charge in [0.25, 0.3) is 6.43 Å². The van der Waals surface area contributed by atoms with Gasteiger partial charge in [-0.1, -0.05) is 0 Å². The lowest BCUT2D eigenvalue weighted by molar-refractivity contribution is -0.141. The lowest BCUT2D eigenvalue weighted by Gasteiger charge is -2.07. The average molecular weight is 222 g/mol. The van der Waals surface area contributed by atoms with Gasteiger partial charge in [0, 0.05) is 0 Å². The third-order valence-corrected chi connectivity index (χ3v) is 1.49. The van der Waals surface area contributed by atoms with Crippen LogP contribution in [0.25, 0.3) is 0 Å². The summed E-state index contributed by atoms with van der Waals surface area (Å²) in [6, 6.07) is 2.41. The van der Waals surface area contributed by atoms with Crippen molar-refractivity contribution in [3.8, 4) is 6.07 Å². The molecule has 0 spiro atoms. The first-order valence-corrected chi connectivity index (χ1v) is 3.62. The van der Waals surface area contributed by atoms with E-state index in [2.05, 4.69) is 4.98 Å². The normalized spacial score (nSPS) is 11.5.